The Morgan fingerprint density at radius 3 is 2.28 bits per heavy atom. The van der Waals surface area contributed by atoms with Crippen molar-refractivity contribution in [3.05, 3.63) is 59.2 Å². The molecule has 3 rings (SSSR count). The number of hydrogen-bond donors (Lipinski definition) is 0. The van der Waals surface area contributed by atoms with Crippen LogP contribution in [0, 0.1) is 0 Å². The molecular weight excluding hydrogens is 446 g/mol. The van der Waals surface area contributed by atoms with Crippen molar-refractivity contribution in [2.75, 3.05) is 7.11 Å². The monoisotopic (exact) mass is 467 g/mol. The Morgan fingerprint density at radius 1 is 1.04 bits per heavy atom. The van der Waals surface area contributed by atoms with Gasteiger partial charge in [0.1, 0.15) is 0 Å². The summed E-state index contributed by atoms with van der Waals surface area (Å²) in [5.74, 6) is 0.844. The first-order valence-electron chi connectivity index (χ1n) is 8.18. The van der Waals surface area contributed by atoms with Crippen LogP contribution in [0.3, 0.4) is 0 Å². The van der Waals surface area contributed by atoms with Crippen LogP contribution in [0.1, 0.15) is 28.1 Å². The fourth-order valence-electron chi connectivity index (χ4n) is 3.25. The average molecular weight is 470 g/mol. The van der Waals surface area contributed by atoms with Gasteiger partial charge in [-0.05, 0) is 0 Å². The molecule has 0 saturated carbocycles. The summed E-state index contributed by atoms with van der Waals surface area (Å²) in [7, 11) is 1.72. The number of allylic oxidation sites excluding steroid dienone is 1. The predicted octanol–water partition coefficient (Wildman–Crippen LogP) is -0.448. The number of ether oxygens (including phenoxy) is 1. The van der Waals surface area contributed by atoms with E-state index in [-0.39, 0.29) is 53.1 Å². The zero-order chi connectivity index (χ0) is 16.4. The zero-order valence-electron chi connectivity index (χ0n) is 15.1. The second kappa shape index (κ2) is 10.1. The smallest absolute Gasteiger partial charge is 1.00 e. The first kappa shape index (κ1) is 22.7. The Morgan fingerprint density at radius 2 is 1.72 bits per heavy atom. The van der Waals surface area contributed by atoms with E-state index < -0.39 is 0 Å². The normalized spacial score (nSPS) is 14.8. The standard InChI is InChI=1S/C18H17O.C2H6Si.2ClH.Zr/c1-3-13-11-15-5-4-6-17(18(15)12-13)14-7-9-16(19-2)10-8-14;1-3-2;;;/h4-12H,3H2,1-2H3;1-2H3;2*1H;/q;;;;+2/p-2. The molecule has 0 heterocycles. The summed E-state index contributed by atoms with van der Waals surface area (Å²) in [4.78, 5) is 0. The van der Waals surface area contributed by atoms with Crippen molar-refractivity contribution in [3.63, 3.8) is 0 Å². The van der Waals surface area contributed by atoms with E-state index in [2.05, 4.69) is 68.6 Å². The zero-order valence-corrected chi connectivity index (χ0v) is 20.0. The number of rotatable bonds is 5. The van der Waals surface area contributed by atoms with Crippen LogP contribution in [0.4, 0.5) is 0 Å². The Kier molecular flexibility index (Phi) is 9.18. The Hall–Kier alpha value is -0.340. The molecule has 1 atom stereocenters. The molecular formula is C20H23Cl2OSiZr. The molecule has 2 aromatic rings. The number of methoxy groups -OCH3 is 1. The number of halogens is 2. The molecule has 0 aromatic heterocycles. The van der Waals surface area contributed by atoms with E-state index in [1.54, 1.807) is 18.2 Å². The van der Waals surface area contributed by atoms with Gasteiger partial charge in [-0.2, -0.15) is 0 Å². The van der Waals surface area contributed by atoms with E-state index in [1.807, 2.05) is 0 Å². The summed E-state index contributed by atoms with van der Waals surface area (Å²) in [6.45, 7) is 7.31. The molecule has 0 spiro atoms. The summed E-state index contributed by atoms with van der Waals surface area (Å²) in [6, 6.07) is 15.4. The van der Waals surface area contributed by atoms with Crippen molar-refractivity contribution in [2.24, 2.45) is 0 Å². The minimum Gasteiger partial charge on any atom is -1.00 e. The topological polar surface area (TPSA) is 9.23 Å². The van der Waals surface area contributed by atoms with Gasteiger partial charge in [0.2, 0.25) is 0 Å². The minimum atomic E-state index is -0.345. The van der Waals surface area contributed by atoms with Crippen LogP contribution in [0.25, 0.3) is 17.2 Å². The summed E-state index contributed by atoms with van der Waals surface area (Å²) in [6.07, 6.45) is 3.68. The Labute approximate surface area is 176 Å². The second-order valence-electron chi connectivity index (χ2n) is 6.19. The van der Waals surface area contributed by atoms with Crippen LogP contribution < -0.4 is 29.6 Å². The molecule has 1 aliphatic carbocycles. The first-order chi connectivity index (χ1) is 11.1. The van der Waals surface area contributed by atoms with Gasteiger partial charge < -0.3 is 24.8 Å². The van der Waals surface area contributed by atoms with Crippen molar-refractivity contribution in [1.82, 2.24) is 0 Å². The predicted molar refractivity (Wildman–Crippen MR) is 96.9 cm³/mol. The molecule has 1 nitrogen and oxygen atoms in total. The molecule has 0 bridgehead atoms. The molecule has 0 N–H and O–H groups in total. The van der Waals surface area contributed by atoms with Gasteiger partial charge in [-0.3, -0.25) is 0 Å². The second-order valence-corrected chi connectivity index (χ2v) is 19.4. The van der Waals surface area contributed by atoms with Gasteiger partial charge >= 0.3 is 152 Å². The molecule has 0 saturated heterocycles. The Balaban J connectivity index is 0.00000156. The fraction of sp³-hybridized carbons (Fsp3) is 0.300. The van der Waals surface area contributed by atoms with Gasteiger partial charge in [0.15, 0.2) is 0 Å². The fourth-order valence-corrected chi connectivity index (χ4v) is 12.3. The maximum atomic E-state index is 5.29. The number of fused-ring (bicyclic) bond motifs is 1. The van der Waals surface area contributed by atoms with Gasteiger partial charge in [0.25, 0.3) is 0 Å². The summed E-state index contributed by atoms with van der Waals surface area (Å²) >= 11 is -0.345. The van der Waals surface area contributed by atoms with Crippen LogP contribution in [0.15, 0.2) is 48.0 Å². The summed E-state index contributed by atoms with van der Waals surface area (Å²) in [5.41, 5.74) is 7.42. The number of hydrogen-bond acceptors (Lipinski definition) is 1. The molecule has 0 aliphatic heterocycles. The van der Waals surface area contributed by atoms with Crippen molar-refractivity contribution in [1.29, 1.82) is 0 Å². The third kappa shape index (κ3) is 4.89. The van der Waals surface area contributed by atoms with Crippen LogP contribution in [-0.2, 0) is 22.4 Å². The molecule has 1 unspecified atom stereocenters. The third-order valence-corrected chi connectivity index (χ3v) is 13.3. The van der Waals surface area contributed by atoms with E-state index in [4.69, 9.17) is 4.74 Å². The van der Waals surface area contributed by atoms with Crippen molar-refractivity contribution < 1.29 is 51.9 Å². The maximum Gasteiger partial charge on any atom is -1.00 e. The number of benzene rings is 2. The van der Waals surface area contributed by atoms with Gasteiger partial charge in [-0.15, -0.1) is 0 Å². The minimum absolute atomic E-state index is 0. The first-order valence-corrected chi connectivity index (χ1v) is 15.8. The van der Waals surface area contributed by atoms with Crippen molar-refractivity contribution >= 4 is 12.0 Å². The maximum absolute atomic E-state index is 5.29. The van der Waals surface area contributed by atoms with Crippen LogP contribution in [-0.4, -0.2) is 13.0 Å². The van der Waals surface area contributed by atoms with Gasteiger partial charge in [0, 0.05) is 0 Å². The molecule has 131 valence electrons. The van der Waals surface area contributed by atoms with E-state index in [1.165, 1.54) is 23.1 Å². The van der Waals surface area contributed by atoms with Crippen LogP contribution >= 0.6 is 0 Å². The van der Waals surface area contributed by atoms with Gasteiger partial charge in [0.05, 0.1) is 0 Å². The molecule has 5 heteroatoms. The van der Waals surface area contributed by atoms with Crippen LogP contribution in [0.5, 0.6) is 5.75 Å². The van der Waals surface area contributed by atoms with E-state index in [0.29, 0.717) is 0 Å². The van der Waals surface area contributed by atoms with Gasteiger partial charge in [-0.25, -0.2) is 0 Å². The largest absolute Gasteiger partial charge is 1.00 e. The van der Waals surface area contributed by atoms with E-state index in [0.717, 1.165) is 9.38 Å². The summed E-state index contributed by atoms with van der Waals surface area (Å²) < 4.78 is 6.10. The van der Waals surface area contributed by atoms with Crippen molar-refractivity contribution in [2.45, 2.75) is 30.1 Å². The molecule has 25 heavy (non-hydrogen) atoms. The Bertz CT molecular complexity index is 729. The molecule has 2 aromatic carbocycles. The molecule has 0 fully saturated rings. The average Bonchev–Trinajstić information content (AvgIpc) is 2.92. The molecule has 0 amide bonds. The third-order valence-electron chi connectivity index (χ3n) is 4.39. The van der Waals surface area contributed by atoms with Crippen LogP contribution in [0.2, 0.25) is 13.1 Å². The van der Waals surface area contributed by atoms with E-state index >= 15 is 0 Å². The quantitative estimate of drug-likeness (QED) is 0.540. The summed E-state index contributed by atoms with van der Waals surface area (Å²) in [5, 5.41) is 0. The SMILES string of the molecule is CCC1=Cc2c(-c3ccc(OC)cc3)cccc2[CH]1[Zr+2][Si](C)C.[Cl-].[Cl-]. The van der Waals surface area contributed by atoms with Gasteiger partial charge in [-0.1, -0.05) is 0 Å². The molecule has 1 aliphatic rings. The van der Waals surface area contributed by atoms with Crippen molar-refractivity contribution in [3.8, 4) is 16.9 Å². The molecule has 1 radical (unpaired) electrons. The van der Waals surface area contributed by atoms with E-state index in [9.17, 15) is 0 Å².